The molecule has 2 atom stereocenters. The van der Waals surface area contributed by atoms with Crippen LogP contribution in [0.25, 0.3) is 0 Å². The van der Waals surface area contributed by atoms with Crippen molar-refractivity contribution in [3.05, 3.63) is 0 Å². The maximum atomic E-state index is 13.6. The van der Waals surface area contributed by atoms with Crippen molar-refractivity contribution in [2.75, 3.05) is 25.1 Å². The minimum atomic E-state index is -3.19. The van der Waals surface area contributed by atoms with Crippen LogP contribution in [0.4, 0.5) is 8.78 Å². The number of rotatable bonds is 3. The average Bonchev–Trinajstić information content (AvgIpc) is 2.46. The quantitative estimate of drug-likeness (QED) is 0.773. The van der Waals surface area contributed by atoms with E-state index in [0.29, 0.717) is 12.8 Å². The first-order valence-electron chi connectivity index (χ1n) is 6.03. The molecule has 0 aromatic heterocycles. The highest BCUT2D eigenvalue weighted by molar-refractivity contribution is 7.90. The third kappa shape index (κ3) is 2.65. The summed E-state index contributed by atoms with van der Waals surface area (Å²) in [6.45, 7) is 0.123. The third-order valence-electron chi connectivity index (χ3n) is 3.87. The Morgan fingerprint density at radius 3 is 2.22 bits per heavy atom. The molecule has 1 saturated heterocycles. The molecular formula is C11H17F2NO3S. The van der Waals surface area contributed by atoms with E-state index in [1.165, 1.54) is 4.90 Å². The minimum absolute atomic E-state index is 0.0616. The number of fused-ring (bicyclic) bond motifs is 2. The Morgan fingerprint density at radius 1 is 1.28 bits per heavy atom. The molecule has 0 radical (unpaired) electrons. The van der Waals surface area contributed by atoms with Crippen LogP contribution in [0.3, 0.4) is 0 Å². The van der Waals surface area contributed by atoms with Gasteiger partial charge in [-0.15, -0.1) is 0 Å². The van der Waals surface area contributed by atoms with Crippen LogP contribution in [0.1, 0.15) is 19.3 Å². The maximum absolute atomic E-state index is 13.6. The van der Waals surface area contributed by atoms with Crippen LogP contribution >= 0.6 is 0 Å². The Bertz CT molecular complexity index is 433. The second-order valence-corrected chi connectivity index (χ2v) is 7.58. The van der Waals surface area contributed by atoms with Crippen LogP contribution in [0.15, 0.2) is 0 Å². The Hall–Kier alpha value is -0.720. The molecular weight excluding hydrogens is 264 g/mol. The fourth-order valence-corrected chi connectivity index (χ4v) is 3.33. The van der Waals surface area contributed by atoms with Crippen molar-refractivity contribution >= 4 is 15.7 Å². The summed E-state index contributed by atoms with van der Waals surface area (Å²) >= 11 is 0. The Balaban J connectivity index is 1.95. The molecule has 1 amide bonds. The number of carbonyl (C=O) groups excluding carboxylic acids is 1. The third-order valence-corrected chi connectivity index (χ3v) is 4.82. The zero-order chi connectivity index (χ0) is 13.6. The number of halogens is 2. The lowest BCUT2D eigenvalue weighted by Gasteiger charge is -2.37. The summed E-state index contributed by atoms with van der Waals surface area (Å²) in [6.07, 6.45) is 1.86. The fourth-order valence-electron chi connectivity index (χ4n) is 2.79. The number of alkyl halides is 2. The molecule has 1 saturated carbocycles. The van der Waals surface area contributed by atoms with Crippen LogP contribution in [0.5, 0.6) is 0 Å². The van der Waals surface area contributed by atoms with E-state index in [1.807, 2.05) is 0 Å². The molecule has 2 bridgehead atoms. The largest absolute Gasteiger partial charge is 0.342 e. The Kier molecular flexibility index (Phi) is 3.38. The van der Waals surface area contributed by atoms with E-state index < -0.39 is 27.6 Å². The van der Waals surface area contributed by atoms with Gasteiger partial charge in [-0.1, -0.05) is 0 Å². The molecule has 4 nitrogen and oxygen atoms in total. The van der Waals surface area contributed by atoms with Gasteiger partial charge in [0.1, 0.15) is 9.84 Å². The molecule has 0 aromatic carbocycles. The normalized spacial score (nSPS) is 30.5. The van der Waals surface area contributed by atoms with E-state index in [9.17, 15) is 22.0 Å². The first kappa shape index (κ1) is 13.7. The number of likely N-dealkylation sites (tertiary alicyclic amines) is 1. The molecule has 2 unspecified atom stereocenters. The molecule has 0 aromatic rings. The summed E-state index contributed by atoms with van der Waals surface area (Å²) in [5, 5.41) is 0. The van der Waals surface area contributed by atoms with Gasteiger partial charge in [0.25, 0.3) is 5.92 Å². The van der Waals surface area contributed by atoms with Gasteiger partial charge in [-0.05, 0) is 12.8 Å². The average molecular weight is 281 g/mol. The molecule has 104 valence electrons. The number of sulfone groups is 1. The molecule has 2 fully saturated rings. The van der Waals surface area contributed by atoms with Gasteiger partial charge in [-0.2, -0.15) is 0 Å². The predicted octanol–water partition coefficient (Wildman–Crippen LogP) is 0.925. The van der Waals surface area contributed by atoms with Gasteiger partial charge in [-0.3, -0.25) is 4.79 Å². The Labute approximate surface area is 105 Å². The number of hydrogen-bond donors (Lipinski definition) is 0. The van der Waals surface area contributed by atoms with Gasteiger partial charge >= 0.3 is 0 Å². The van der Waals surface area contributed by atoms with Gasteiger partial charge in [0, 0.05) is 37.6 Å². The minimum Gasteiger partial charge on any atom is -0.342 e. The number of piperidine rings is 1. The highest BCUT2D eigenvalue weighted by Gasteiger charge is 2.56. The summed E-state index contributed by atoms with van der Waals surface area (Å²) in [6, 6.07) is 0. The summed E-state index contributed by atoms with van der Waals surface area (Å²) in [5.74, 6) is -4.70. The van der Waals surface area contributed by atoms with Crippen molar-refractivity contribution in [2.24, 2.45) is 11.8 Å². The fraction of sp³-hybridized carbons (Fsp3) is 0.909. The summed E-state index contributed by atoms with van der Waals surface area (Å²) in [5.41, 5.74) is 0. The highest BCUT2D eigenvalue weighted by Crippen LogP contribution is 2.48. The SMILES string of the molecule is CS(=O)(=O)CCC(=O)N1CC2CCC(C1)C2(F)F. The van der Waals surface area contributed by atoms with Gasteiger partial charge in [0.15, 0.2) is 0 Å². The van der Waals surface area contributed by atoms with Crippen LogP contribution in [0, 0.1) is 11.8 Å². The van der Waals surface area contributed by atoms with Gasteiger partial charge in [-0.25, -0.2) is 17.2 Å². The topological polar surface area (TPSA) is 54.5 Å². The second-order valence-electron chi connectivity index (χ2n) is 5.32. The molecule has 1 aliphatic carbocycles. The van der Waals surface area contributed by atoms with E-state index in [0.717, 1.165) is 6.26 Å². The van der Waals surface area contributed by atoms with Crippen molar-refractivity contribution < 1.29 is 22.0 Å². The molecule has 0 spiro atoms. The molecule has 1 heterocycles. The first-order valence-corrected chi connectivity index (χ1v) is 8.09. The number of amides is 1. The predicted molar refractivity (Wildman–Crippen MR) is 62.1 cm³/mol. The summed E-state index contributed by atoms with van der Waals surface area (Å²) < 4.78 is 49.2. The van der Waals surface area contributed by atoms with Crippen molar-refractivity contribution in [1.82, 2.24) is 4.90 Å². The van der Waals surface area contributed by atoms with Crippen LogP contribution in [-0.2, 0) is 14.6 Å². The van der Waals surface area contributed by atoms with Crippen LogP contribution in [0.2, 0.25) is 0 Å². The molecule has 0 N–H and O–H groups in total. The van der Waals surface area contributed by atoms with E-state index in [1.54, 1.807) is 0 Å². The summed E-state index contributed by atoms with van der Waals surface area (Å²) in [7, 11) is -3.19. The molecule has 2 rings (SSSR count). The number of hydrogen-bond acceptors (Lipinski definition) is 3. The first-order chi connectivity index (χ1) is 8.20. The highest BCUT2D eigenvalue weighted by atomic mass is 32.2. The van der Waals surface area contributed by atoms with E-state index >= 15 is 0 Å². The number of carbonyl (C=O) groups is 1. The van der Waals surface area contributed by atoms with Crippen molar-refractivity contribution in [3.8, 4) is 0 Å². The van der Waals surface area contributed by atoms with E-state index in [-0.39, 0.29) is 31.2 Å². The standard InChI is InChI=1S/C11H17F2NO3S/c1-18(16,17)5-4-10(15)14-6-8-2-3-9(7-14)11(8,12)13/h8-9H,2-7H2,1H3. The van der Waals surface area contributed by atoms with Gasteiger partial charge < -0.3 is 4.90 Å². The number of nitrogens with zero attached hydrogens (tertiary/aromatic N) is 1. The maximum Gasteiger partial charge on any atom is 0.257 e. The zero-order valence-electron chi connectivity index (χ0n) is 10.2. The van der Waals surface area contributed by atoms with Crippen LogP contribution < -0.4 is 0 Å². The van der Waals surface area contributed by atoms with Crippen LogP contribution in [-0.4, -0.2) is 50.2 Å². The molecule has 7 heteroatoms. The van der Waals surface area contributed by atoms with Gasteiger partial charge in [0.05, 0.1) is 5.75 Å². The monoisotopic (exact) mass is 281 g/mol. The summed E-state index contributed by atoms with van der Waals surface area (Å²) in [4.78, 5) is 13.2. The van der Waals surface area contributed by atoms with Crippen molar-refractivity contribution in [1.29, 1.82) is 0 Å². The van der Waals surface area contributed by atoms with E-state index in [2.05, 4.69) is 0 Å². The van der Waals surface area contributed by atoms with Gasteiger partial charge in [0.2, 0.25) is 5.91 Å². The zero-order valence-corrected chi connectivity index (χ0v) is 11.0. The Morgan fingerprint density at radius 2 is 1.78 bits per heavy atom. The lowest BCUT2D eigenvalue weighted by Crippen LogP contribution is -2.51. The molecule has 18 heavy (non-hydrogen) atoms. The van der Waals surface area contributed by atoms with Crippen molar-refractivity contribution in [3.63, 3.8) is 0 Å². The second kappa shape index (κ2) is 4.43. The molecule has 2 aliphatic rings. The molecule has 1 aliphatic heterocycles. The lowest BCUT2D eigenvalue weighted by atomic mass is 9.93. The van der Waals surface area contributed by atoms with E-state index in [4.69, 9.17) is 0 Å². The lowest BCUT2D eigenvalue weighted by molar-refractivity contribution is -0.148. The van der Waals surface area contributed by atoms with Crippen molar-refractivity contribution in [2.45, 2.75) is 25.2 Å². The smallest absolute Gasteiger partial charge is 0.257 e.